The Kier molecular flexibility index (Phi) is 37.7. The van der Waals surface area contributed by atoms with E-state index < -0.39 is 163 Å². The van der Waals surface area contributed by atoms with Crippen molar-refractivity contribution >= 4 is 110 Å². The first-order valence-electron chi connectivity index (χ1n) is 32.5. The van der Waals surface area contributed by atoms with E-state index in [0.717, 1.165) is 30.1 Å². The van der Waals surface area contributed by atoms with Crippen LogP contribution in [0.3, 0.4) is 0 Å². The van der Waals surface area contributed by atoms with Gasteiger partial charge >= 0.3 is 5.97 Å². The van der Waals surface area contributed by atoms with Gasteiger partial charge in [0.2, 0.25) is 70.9 Å². The quantitative estimate of drug-likeness (QED) is 0.0232. The molecule has 0 radical (unpaired) electrons. The normalized spacial score (nSPS) is 24.6. The van der Waals surface area contributed by atoms with Gasteiger partial charge in [0.25, 0.3) is 0 Å². The van der Waals surface area contributed by atoms with Crippen molar-refractivity contribution in [3.8, 4) is 0 Å². The molecule has 24 N–H and O–H groups in total. The van der Waals surface area contributed by atoms with Crippen molar-refractivity contribution < 1.29 is 67.4 Å². The van der Waals surface area contributed by atoms with Crippen molar-refractivity contribution in [1.82, 2.24) is 58.5 Å². The van der Waals surface area contributed by atoms with E-state index in [0.29, 0.717) is 31.2 Å². The zero-order valence-corrected chi connectivity index (χ0v) is 56.8. The molecule has 35 heteroatoms. The molecule has 1 aliphatic heterocycles. The molecule has 1 saturated heterocycles. The number of nitrogens with one attached hydrogen (secondary N) is 11. The predicted molar refractivity (Wildman–Crippen MR) is 363 cm³/mol. The molecule has 1 aromatic carbocycles. The highest BCUT2D eigenvalue weighted by Crippen LogP contribution is 2.28. The topological polar surface area (TPSA) is 555 Å². The molecule has 12 amide bonds. The van der Waals surface area contributed by atoms with Crippen molar-refractivity contribution in [3.63, 3.8) is 0 Å². The summed E-state index contributed by atoms with van der Waals surface area (Å²) in [6, 6.07) is -4.34. The van der Waals surface area contributed by atoms with Crippen LogP contribution in [0.1, 0.15) is 136 Å². The first-order chi connectivity index (χ1) is 45.7. The van der Waals surface area contributed by atoms with Crippen LogP contribution in [0.2, 0.25) is 0 Å². The van der Waals surface area contributed by atoms with Crippen LogP contribution in [0.5, 0.6) is 0 Å². The van der Waals surface area contributed by atoms with Crippen LogP contribution < -0.4 is 92.9 Å². The summed E-state index contributed by atoms with van der Waals surface area (Å²) in [7, 11) is 2.29. The van der Waals surface area contributed by atoms with Crippen LogP contribution in [-0.2, 0) is 68.7 Å². The van der Waals surface area contributed by atoms with Crippen molar-refractivity contribution in [1.29, 1.82) is 0 Å². The number of rotatable bonds is 22. The number of carboxylic acids is 1. The number of guanidine groups is 2. The number of carbonyl (C=O) groups excluding carboxylic acids is 12. The minimum Gasteiger partial charge on any atom is -0.481 e. The molecule has 1 aliphatic carbocycles. The van der Waals surface area contributed by atoms with E-state index >= 15 is 0 Å². The number of carboxylic acid groups (broad SMARTS) is 1. The molecule has 0 spiro atoms. The number of nitrogens with two attached hydrogens (primary N) is 6. The summed E-state index contributed by atoms with van der Waals surface area (Å²) in [5.41, 5.74) is 34.4. The average molecular weight is 1390 g/mol. The number of unbranched alkanes of at least 4 members (excludes halogenated alkanes) is 1. The van der Waals surface area contributed by atoms with Gasteiger partial charge in [-0.05, 0) is 87.6 Å². The number of primary amides is 1. The third kappa shape index (κ3) is 30.9. The third-order valence-electron chi connectivity index (χ3n) is 16.2. The molecule has 11 atom stereocenters. The fraction of sp³-hybridized carbons (Fsp3) is 0.656. The van der Waals surface area contributed by atoms with Gasteiger partial charge in [0, 0.05) is 37.4 Å². The summed E-state index contributed by atoms with van der Waals surface area (Å²) >= 11 is 0. The van der Waals surface area contributed by atoms with Crippen LogP contribution in [0.15, 0.2) is 40.3 Å². The number of benzene rings is 1. The molecule has 1 aromatic rings. The number of hydrogen-bond donors (Lipinski definition) is 18. The highest BCUT2D eigenvalue weighted by Gasteiger charge is 2.38. The zero-order chi connectivity index (χ0) is 71.3. The second kappa shape index (κ2) is 44.3. The maximum absolute atomic E-state index is 14.8. The number of amides is 12. The molecule has 1 saturated carbocycles. The number of hydrogen-bond acceptors (Lipinski definition) is 18. The number of carbonyl (C=O) groups is 13. The SMILES string of the molecule is CC[C@H](C)[C@@H]1NC(=O)[C@@H](CCCCN)NC(=O)CNC(=O)CNC(=O)[C@@H](C2CCCCC2)NC(=O)CCSSC[C@H](C(N)=O)NC(=O)[C@@H](CCCN=C(N)N)NC(=O)[C@H](Cc2ccccc2)NC(=O)[C@@H]([C@@H](C)CC)NC(=O)[C@H](CCCN=C(N)N)NC(=O)[C@@H](CC(=O)O)NC1=O. The Morgan fingerprint density at radius 1 is 0.542 bits per heavy atom. The standard InChI is InChI=1S/C61H101N19O14S2/c1-5-34(3)48-58(93)75-41(29-36-17-9-7-10-18-36)55(90)73-39(22-15-26-68-60(64)65)52(87)77-43(51(63)86)33-96-95-28-24-44(81)78-50(37-19-11-8-12-20-37)57(92)71-31-45(82)70-32-46(83)72-38(21-13-14-25-62)53(88)79-49(35(4)6-2)59(94)76-42(30-47(84)85)56(91)74-40(54(89)80-48)23-16-27-69-61(66)67/h7,9-10,17-18,34-35,37-43,48-50H,5-6,8,11-16,19-33,62H2,1-4H3,(H2,63,86)(H,70,82)(H,71,92)(H,72,83)(H,73,90)(H,74,91)(H,75,93)(H,76,94)(H,77,87)(H,78,81)(H,79,88)(H,80,89)(H,84,85)(H4,64,65,68)(H4,66,67,69)/t34-,35-,38+,39+,40-,41-,42+,43+,48+,49-,50+/m0/s1. The largest absolute Gasteiger partial charge is 0.481 e. The maximum atomic E-state index is 14.8. The van der Waals surface area contributed by atoms with Crippen LogP contribution in [0, 0.1) is 17.8 Å². The number of aliphatic imine (C=N–C) groups is 2. The maximum Gasteiger partial charge on any atom is 0.305 e. The highest BCUT2D eigenvalue weighted by atomic mass is 33.1. The van der Waals surface area contributed by atoms with Crippen molar-refractivity contribution in [2.24, 2.45) is 62.1 Å². The molecule has 2 aliphatic rings. The van der Waals surface area contributed by atoms with Gasteiger partial charge in [-0.1, -0.05) is 112 Å². The van der Waals surface area contributed by atoms with Crippen molar-refractivity contribution in [2.45, 2.75) is 191 Å². The predicted octanol–water partition coefficient (Wildman–Crippen LogP) is -3.52. The summed E-state index contributed by atoms with van der Waals surface area (Å²) < 4.78 is 0. The number of nitrogens with zero attached hydrogens (tertiary/aromatic N) is 2. The van der Waals surface area contributed by atoms with E-state index in [1.807, 2.05) is 0 Å². The highest BCUT2D eigenvalue weighted by molar-refractivity contribution is 8.76. The van der Waals surface area contributed by atoms with Crippen LogP contribution >= 0.6 is 21.6 Å². The Balaban J connectivity index is 2.16. The molecule has 536 valence electrons. The van der Waals surface area contributed by atoms with E-state index in [9.17, 15) is 67.4 Å². The lowest BCUT2D eigenvalue weighted by Gasteiger charge is -2.30. The van der Waals surface area contributed by atoms with Gasteiger partial charge in [0.05, 0.1) is 19.5 Å². The van der Waals surface area contributed by atoms with E-state index in [4.69, 9.17) is 34.4 Å². The van der Waals surface area contributed by atoms with Crippen LogP contribution in [0.4, 0.5) is 0 Å². The molecular formula is C61H101N19O14S2. The van der Waals surface area contributed by atoms with Crippen LogP contribution in [-0.4, -0.2) is 192 Å². The second-order valence-electron chi connectivity index (χ2n) is 23.8. The summed E-state index contributed by atoms with van der Waals surface area (Å²) in [4.78, 5) is 188. The minimum atomic E-state index is -1.90. The Bertz CT molecular complexity index is 2830. The molecule has 0 aromatic heterocycles. The van der Waals surface area contributed by atoms with E-state index in [1.54, 1.807) is 58.0 Å². The van der Waals surface area contributed by atoms with E-state index in [2.05, 4.69) is 68.5 Å². The zero-order valence-electron chi connectivity index (χ0n) is 55.2. The van der Waals surface area contributed by atoms with Gasteiger partial charge in [0.15, 0.2) is 11.9 Å². The second-order valence-corrected chi connectivity index (χ2v) is 26.5. The van der Waals surface area contributed by atoms with Gasteiger partial charge in [-0.15, -0.1) is 0 Å². The minimum absolute atomic E-state index is 0.0126. The van der Waals surface area contributed by atoms with Gasteiger partial charge in [-0.3, -0.25) is 72.3 Å². The van der Waals surface area contributed by atoms with Crippen LogP contribution in [0.25, 0.3) is 0 Å². The molecule has 3 rings (SSSR count). The monoisotopic (exact) mass is 1390 g/mol. The average Bonchev–Trinajstić information content (AvgIpc) is 0.989. The Hall–Kier alpha value is -8.47. The summed E-state index contributed by atoms with van der Waals surface area (Å²) in [5, 5.41) is 38.7. The Morgan fingerprint density at radius 3 is 1.55 bits per heavy atom. The van der Waals surface area contributed by atoms with E-state index in [1.165, 1.54) is 10.8 Å². The molecule has 0 unspecified atom stereocenters. The first-order valence-corrected chi connectivity index (χ1v) is 35.0. The fourth-order valence-corrected chi connectivity index (χ4v) is 12.5. The summed E-state index contributed by atoms with van der Waals surface area (Å²) in [6.07, 6.45) is 3.63. The first kappa shape index (κ1) is 81.8. The lowest BCUT2D eigenvalue weighted by atomic mass is 9.83. The lowest BCUT2D eigenvalue weighted by molar-refractivity contribution is -0.142. The fourth-order valence-electron chi connectivity index (χ4n) is 10.4. The van der Waals surface area contributed by atoms with Gasteiger partial charge in [0.1, 0.15) is 54.4 Å². The summed E-state index contributed by atoms with van der Waals surface area (Å²) in [6.45, 7) is 5.62. The molecule has 33 nitrogen and oxygen atoms in total. The third-order valence-corrected chi connectivity index (χ3v) is 18.7. The van der Waals surface area contributed by atoms with Gasteiger partial charge in [-0.25, -0.2) is 0 Å². The smallest absolute Gasteiger partial charge is 0.305 e. The van der Waals surface area contributed by atoms with Crippen molar-refractivity contribution in [3.05, 3.63) is 35.9 Å². The Morgan fingerprint density at radius 2 is 1.03 bits per heavy atom. The lowest BCUT2D eigenvalue weighted by Crippen LogP contribution is -2.62. The molecule has 1 heterocycles. The molecule has 0 bridgehead atoms. The Labute approximate surface area is 567 Å². The molecule has 96 heavy (non-hydrogen) atoms. The van der Waals surface area contributed by atoms with Gasteiger partial charge < -0.3 is 98.0 Å². The van der Waals surface area contributed by atoms with Crippen molar-refractivity contribution in [2.75, 3.05) is 44.2 Å². The molecular weight excluding hydrogens is 1290 g/mol. The molecule has 2 fully saturated rings. The van der Waals surface area contributed by atoms with Gasteiger partial charge in [-0.2, -0.15) is 0 Å². The van der Waals surface area contributed by atoms with E-state index in [-0.39, 0.29) is 107 Å². The number of aliphatic carboxylic acids is 1. The summed E-state index contributed by atoms with van der Waals surface area (Å²) in [5.74, 6) is -13.9.